The van der Waals surface area contributed by atoms with E-state index in [2.05, 4.69) is 30.5 Å². The van der Waals surface area contributed by atoms with Gasteiger partial charge in [-0.05, 0) is 93.7 Å². The van der Waals surface area contributed by atoms with Crippen molar-refractivity contribution < 1.29 is 28.5 Å². The first kappa shape index (κ1) is 28.5. The van der Waals surface area contributed by atoms with Crippen LogP contribution in [0.5, 0.6) is 11.5 Å². The Hall–Kier alpha value is -3.06. The van der Waals surface area contributed by atoms with Crippen molar-refractivity contribution in [3.8, 4) is 22.6 Å². The van der Waals surface area contributed by atoms with Crippen molar-refractivity contribution in [2.24, 2.45) is 17.3 Å². The zero-order chi connectivity index (χ0) is 28.5. The molecule has 2 saturated heterocycles. The van der Waals surface area contributed by atoms with E-state index in [-0.39, 0.29) is 11.4 Å². The van der Waals surface area contributed by atoms with Gasteiger partial charge in [0.15, 0.2) is 0 Å². The van der Waals surface area contributed by atoms with E-state index in [0.29, 0.717) is 37.9 Å². The second kappa shape index (κ2) is 11.4. The third-order valence-electron chi connectivity index (χ3n) is 9.02. The lowest BCUT2D eigenvalue weighted by Crippen LogP contribution is -2.60. The molecule has 0 amide bonds. The number of benzene rings is 2. The van der Waals surface area contributed by atoms with E-state index in [9.17, 15) is 14.3 Å². The number of aliphatic carboxylic acids is 1. The predicted molar refractivity (Wildman–Crippen MR) is 153 cm³/mol. The second-order valence-electron chi connectivity index (χ2n) is 12.2. The van der Waals surface area contributed by atoms with Crippen molar-refractivity contribution in [1.82, 2.24) is 4.90 Å². The van der Waals surface area contributed by atoms with Crippen LogP contribution in [0.4, 0.5) is 4.39 Å². The predicted octanol–water partition coefficient (Wildman–Crippen LogP) is 7.07. The summed E-state index contributed by atoms with van der Waals surface area (Å²) in [5, 5.41) is 9.59. The van der Waals surface area contributed by atoms with E-state index < -0.39 is 11.4 Å². The molecule has 0 aromatic heterocycles. The maximum atomic E-state index is 13.6. The summed E-state index contributed by atoms with van der Waals surface area (Å²) in [7, 11) is 0. The minimum atomic E-state index is -0.681. The minimum absolute atomic E-state index is 0.201. The summed E-state index contributed by atoms with van der Waals surface area (Å²) in [6.07, 6.45) is 5.09. The van der Waals surface area contributed by atoms with Crippen LogP contribution in [-0.2, 0) is 16.1 Å². The van der Waals surface area contributed by atoms with Gasteiger partial charge in [-0.1, -0.05) is 25.6 Å². The molecular weight excluding hydrogens is 509 g/mol. The van der Waals surface area contributed by atoms with Gasteiger partial charge in [0.2, 0.25) is 0 Å². The van der Waals surface area contributed by atoms with Crippen molar-refractivity contribution in [3.63, 3.8) is 0 Å². The van der Waals surface area contributed by atoms with Gasteiger partial charge >= 0.3 is 5.97 Å². The third kappa shape index (κ3) is 5.71. The van der Waals surface area contributed by atoms with Crippen LogP contribution in [0.2, 0.25) is 0 Å². The molecule has 7 heteroatoms. The number of hydrogen-bond donors (Lipinski definition) is 1. The van der Waals surface area contributed by atoms with Gasteiger partial charge in [-0.25, -0.2) is 4.39 Å². The molecule has 6 nitrogen and oxygen atoms in total. The number of carboxylic acid groups (broad SMARTS) is 1. The highest BCUT2D eigenvalue weighted by molar-refractivity contribution is 5.77. The zero-order valence-electron chi connectivity index (χ0n) is 24.0. The summed E-state index contributed by atoms with van der Waals surface area (Å²) in [5.41, 5.74) is 2.01. The highest BCUT2D eigenvalue weighted by Crippen LogP contribution is 2.51. The van der Waals surface area contributed by atoms with Crippen LogP contribution in [0.15, 0.2) is 48.7 Å². The van der Waals surface area contributed by atoms with Crippen LogP contribution in [0, 0.1) is 23.1 Å². The molecular formula is C33H42FNO5. The summed E-state index contributed by atoms with van der Waals surface area (Å²) in [4.78, 5) is 14.0. The lowest BCUT2D eigenvalue weighted by Gasteiger charge is -2.47. The molecule has 1 atom stereocenters. The first-order valence-corrected chi connectivity index (χ1v) is 14.7. The van der Waals surface area contributed by atoms with E-state index in [1.54, 1.807) is 12.1 Å². The molecule has 3 fully saturated rings. The van der Waals surface area contributed by atoms with Gasteiger partial charge in [0.25, 0.3) is 0 Å². The molecule has 1 aliphatic carbocycles. The van der Waals surface area contributed by atoms with E-state index >= 15 is 0 Å². The fraction of sp³-hybridized carbons (Fsp3) is 0.545. The number of hydrogen-bond acceptors (Lipinski definition) is 5. The van der Waals surface area contributed by atoms with Crippen LogP contribution in [-0.4, -0.2) is 47.9 Å². The van der Waals surface area contributed by atoms with Crippen LogP contribution >= 0.6 is 0 Å². The highest BCUT2D eigenvalue weighted by Gasteiger charge is 2.54. The average Bonchev–Trinajstić information content (AvgIpc) is 3.25. The fourth-order valence-corrected chi connectivity index (χ4v) is 6.80. The van der Waals surface area contributed by atoms with Gasteiger partial charge in [-0.15, -0.1) is 0 Å². The molecule has 5 rings (SSSR count). The molecule has 2 aromatic carbocycles. The molecule has 0 bridgehead atoms. The number of carbonyl (C=O) groups is 1. The first-order chi connectivity index (χ1) is 19.1. The summed E-state index contributed by atoms with van der Waals surface area (Å²) >= 11 is 0. The van der Waals surface area contributed by atoms with E-state index in [1.807, 2.05) is 13.8 Å². The second-order valence-corrected chi connectivity index (χ2v) is 12.2. The van der Waals surface area contributed by atoms with Crippen molar-refractivity contribution in [1.29, 1.82) is 0 Å². The smallest absolute Gasteiger partial charge is 0.309 e. The van der Waals surface area contributed by atoms with Crippen molar-refractivity contribution >= 4 is 5.97 Å². The highest BCUT2D eigenvalue weighted by atomic mass is 19.1. The third-order valence-corrected chi connectivity index (χ3v) is 9.02. The van der Waals surface area contributed by atoms with Gasteiger partial charge in [-0.3, -0.25) is 9.69 Å². The zero-order valence-corrected chi connectivity index (χ0v) is 24.0. The lowest BCUT2D eigenvalue weighted by atomic mass is 9.67. The van der Waals surface area contributed by atoms with Crippen LogP contribution in [0.3, 0.4) is 0 Å². The number of ether oxygens (including phenoxy) is 3. The normalized spacial score (nSPS) is 25.9. The van der Waals surface area contributed by atoms with Crippen molar-refractivity contribution in [3.05, 3.63) is 60.1 Å². The maximum Gasteiger partial charge on any atom is 0.309 e. The van der Waals surface area contributed by atoms with Gasteiger partial charge in [0.1, 0.15) is 22.9 Å². The number of rotatable bonds is 10. The Morgan fingerprint density at radius 2 is 1.77 bits per heavy atom. The SMILES string of the molecule is C=C1OC2(CC1C1CCC(C)(C(=O)O)CC1)CN(Cc1cc(OCC)c(-c3ccc(F)cc3)c(OCCC)c1)C2. The summed E-state index contributed by atoms with van der Waals surface area (Å²) in [6.45, 7) is 13.7. The number of nitrogens with zero attached hydrogens (tertiary/aromatic N) is 1. The molecule has 216 valence electrons. The standard InChI is InChI=1S/C33H42FNO5/c1-5-15-39-29-17-23(16-28(38-6-2)30(29)25-7-9-26(34)10-8-25)19-35-20-33(21-35)18-27(22(3)40-33)24-11-13-32(4,14-12-24)31(36)37/h7-10,16-17,24,27H,3,5-6,11-15,18-21H2,1-2,4H3,(H,36,37). The lowest BCUT2D eigenvalue weighted by molar-refractivity contribution is -0.150. The summed E-state index contributed by atoms with van der Waals surface area (Å²) in [5.74, 6) is 2.15. The average molecular weight is 552 g/mol. The molecule has 1 saturated carbocycles. The van der Waals surface area contributed by atoms with Gasteiger partial charge < -0.3 is 19.3 Å². The molecule has 2 aliphatic heterocycles. The molecule has 1 spiro atoms. The monoisotopic (exact) mass is 551 g/mol. The van der Waals surface area contributed by atoms with Gasteiger partial charge in [0.05, 0.1) is 30.0 Å². The molecule has 1 unspecified atom stereocenters. The Bertz CT molecular complexity index is 1230. The minimum Gasteiger partial charge on any atom is -0.493 e. The van der Waals surface area contributed by atoms with Crippen LogP contribution in [0.25, 0.3) is 11.1 Å². The van der Waals surface area contributed by atoms with E-state index in [4.69, 9.17) is 14.2 Å². The largest absolute Gasteiger partial charge is 0.493 e. The topological polar surface area (TPSA) is 68.2 Å². The number of allylic oxidation sites excluding steroid dienone is 1. The summed E-state index contributed by atoms with van der Waals surface area (Å²) < 4.78 is 32.3. The fourth-order valence-electron chi connectivity index (χ4n) is 6.80. The molecule has 2 heterocycles. The Balaban J connectivity index is 1.27. The molecule has 3 aliphatic rings. The van der Waals surface area contributed by atoms with E-state index in [0.717, 1.165) is 79.3 Å². The molecule has 2 aromatic rings. The number of likely N-dealkylation sites (tertiary alicyclic amines) is 1. The van der Waals surface area contributed by atoms with Crippen LogP contribution < -0.4 is 9.47 Å². The van der Waals surface area contributed by atoms with Gasteiger partial charge in [0, 0.05) is 25.6 Å². The molecule has 1 N–H and O–H groups in total. The van der Waals surface area contributed by atoms with Crippen molar-refractivity contribution in [2.75, 3.05) is 26.3 Å². The molecule has 40 heavy (non-hydrogen) atoms. The van der Waals surface area contributed by atoms with Crippen LogP contribution in [0.1, 0.15) is 64.9 Å². The Kier molecular flexibility index (Phi) is 8.14. The number of carboxylic acids is 1. The van der Waals surface area contributed by atoms with E-state index in [1.165, 1.54) is 12.1 Å². The Morgan fingerprint density at radius 3 is 2.38 bits per heavy atom. The number of halogens is 1. The Morgan fingerprint density at radius 1 is 1.12 bits per heavy atom. The maximum absolute atomic E-state index is 13.6. The van der Waals surface area contributed by atoms with Crippen molar-refractivity contribution in [2.45, 2.75) is 71.4 Å². The first-order valence-electron chi connectivity index (χ1n) is 14.7. The van der Waals surface area contributed by atoms with Gasteiger partial charge in [-0.2, -0.15) is 0 Å². The Labute approximate surface area is 237 Å². The quantitative estimate of drug-likeness (QED) is 0.341. The molecule has 0 radical (unpaired) electrons. The summed E-state index contributed by atoms with van der Waals surface area (Å²) in [6, 6.07) is 10.6.